The first kappa shape index (κ1) is 21.1. The predicted molar refractivity (Wildman–Crippen MR) is 111 cm³/mol. The van der Waals surface area contributed by atoms with E-state index in [2.05, 4.69) is 10.2 Å². The molecular formula is C21H28N2O3S. The van der Waals surface area contributed by atoms with E-state index in [0.717, 1.165) is 28.5 Å². The minimum atomic E-state index is 0.0141. The number of nitrogens with one attached hydrogen (secondary N) is 1. The lowest BCUT2D eigenvalue weighted by atomic mass is 10.2. The van der Waals surface area contributed by atoms with Crippen LogP contribution in [-0.4, -0.2) is 50.4 Å². The summed E-state index contributed by atoms with van der Waals surface area (Å²) in [6, 6.07) is 15.6. The summed E-state index contributed by atoms with van der Waals surface area (Å²) in [6.07, 6.45) is 0. The molecule has 0 heterocycles. The molecule has 0 atom stereocenters. The topological polar surface area (TPSA) is 50.8 Å². The molecule has 2 aromatic rings. The van der Waals surface area contributed by atoms with Crippen molar-refractivity contribution >= 4 is 17.7 Å². The van der Waals surface area contributed by atoms with Gasteiger partial charge in [-0.3, -0.25) is 4.79 Å². The van der Waals surface area contributed by atoms with Crippen LogP contribution in [0.4, 0.5) is 0 Å². The zero-order chi connectivity index (χ0) is 19.5. The van der Waals surface area contributed by atoms with Crippen LogP contribution in [0.25, 0.3) is 0 Å². The lowest BCUT2D eigenvalue weighted by Gasteiger charge is -2.11. The van der Waals surface area contributed by atoms with Gasteiger partial charge in [-0.2, -0.15) is 0 Å². The summed E-state index contributed by atoms with van der Waals surface area (Å²) in [6.45, 7) is 4.66. The first-order valence-electron chi connectivity index (χ1n) is 9.05. The normalized spacial score (nSPS) is 10.7. The summed E-state index contributed by atoms with van der Waals surface area (Å²) >= 11 is 1.51. The van der Waals surface area contributed by atoms with Crippen molar-refractivity contribution in [1.82, 2.24) is 10.2 Å². The average Bonchev–Trinajstić information content (AvgIpc) is 2.67. The maximum absolute atomic E-state index is 12.0. The molecule has 0 fully saturated rings. The highest BCUT2D eigenvalue weighted by Crippen LogP contribution is 2.21. The summed E-state index contributed by atoms with van der Waals surface area (Å²) in [5, 5.41) is 2.95. The molecule has 0 radical (unpaired) electrons. The second-order valence-corrected chi connectivity index (χ2v) is 7.31. The van der Waals surface area contributed by atoms with Crippen LogP contribution in [0.1, 0.15) is 12.5 Å². The summed E-state index contributed by atoms with van der Waals surface area (Å²) in [7, 11) is 4.03. The lowest BCUT2D eigenvalue weighted by molar-refractivity contribution is -0.118. The summed E-state index contributed by atoms with van der Waals surface area (Å²) in [4.78, 5) is 15.2. The molecule has 0 aliphatic heterocycles. The monoisotopic (exact) mass is 388 g/mol. The van der Waals surface area contributed by atoms with Crippen molar-refractivity contribution in [3.8, 4) is 11.5 Å². The third-order valence-electron chi connectivity index (χ3n) is 3.72. The lowest BCUT2D eigenvalue weighted by Crippen LogP contribution is -2.24. The van der Waals surface area contributed by atoms with Gasteiger partial charge in [0.1, 0.15) is 18.1 Å². The maximum Gasteiger partial charge on any atom is 0.230 e. The third kappa shape index (κ3) is 8.37. The number of likely N-dealkylation sites (N-methyl/N-ethyl adjacent to an activating group) is 1. The van der Waals surface area contributed by atoms with Gasteiger partial charge in [0.05, 0.1) is 12.4 Å². The Morgan fingerprint density at radius 3 is 2.26 bits per heavy atom. The number of nitrogens with zero attached hydrogens (tertiary/aromatic N) is 1. The molecule has 27 heavy (non-hydrogen) atoms. The van der Waals surface area contributed by atoms with E-state index in [9.17, 15) is 4.79 Å². The van der Waals surface area contributed by atoms with Gasteiger partial charge >= 0.3 is 0 Å². The van der Waals surface area contributed by atoms with Gasteiger partial charge in [-0.05, 0) is 63.0 Å². The number of benzene rings is 2. The van der Waals surface area contributed by atoms with E-state index in [1.54, 1.807) is 0 Å². The number of carbonyl (C=O) groups excluding carboxylic acids is 1. The maximum atomic E-state index is 12.0. The van der Waals surface area contributed by atoms with Crippen LogP contribution in [-0.2, 0) is 11.3 Å². The van der Waals surface area contributed by atoms with Crippen LogP contribution >= 0.6 is 11.8 Å². The number of rotatable bonds is 11. The van der Waals surface area contributed by atoms with Crippen molar-refractivity contribution in [3.63, 3.8) is 0 Å². The van der Waals surface area contributed by atoms with E-state index < -0.39 is 0 Å². The molecule has 0 spiro atoms. The summed E-state index contributed by atoms with van der Waals surface area (Å²) < 4.78 is 11.1. The Morgan fingerprint density at radius 2 is 1.63 bits per heavy atom. The molecule has 0 unspecified atom stereocenters. The van der Waals surface area contributed by atoms with Gasteiger partial charge in [0, 0.05) is 18.0 Å². The second-order valence-electron chi connectivity index (χ2n) is 6.27. The molecule has 0 saturated heterocycles. The van der Waals surface area contributed by atoms with Gasteiger partial charge in [-0.15, -0.1) is 11.8 Å². The molecule has 0 aromatic heterocycles. The fourth-order valence-corrected chi connectivity index (χ4v) is 2.98. The number of ether oxygens (including phenoxy) is 2. The zero-order valence-corrected chi connectivity index (χ0v) is 17.1. The molecule has 6 heteroatoms. The number of carbonyl (C=O) groups is 1. The smallest absolute Gasteiger partial charge is 0.230 e. The highest BCUT2D eigenvalue weighted by Gasteiger charge is 2.04. The molecule has 0 saturated carbocycles. The second kappa shape index (κ2) is 11.5. The van der Waals surface area contributed by atoms with E-state index in [0.29, 0.717) is 25.5 Å². The van der Waals surface area contributed by atoms with Gasteiger partial charge in [-0.1, -0.05) is 12.1 Å². The molecule has 0 aliphatic carbocycles. The SMILES string of the molecule is CCOc1ccc(SCC(=O)NCc2ccc(OCCN(C)C)cc2)cc1. The van der Waals surface area contributed by atoms with E-state index >= 15 is 0 Å². The molecule has 1 N–H and O–H groups in total. The molecular weight excluding hydrogens is 360 g/mol. The highest BCUT2D eigenvalue weighted by molar-refractivity contribution is 8.00. The van der Waals surface area contributed by atoms with Crippen LogP contribution < -0.4 is 14.8 Å². The Bertz CT molecular complexity index is 688. The Morgan fingerprint density at radius 1 is 1.00 bits per heavy atom. The average molecular weight is 389 g/mol. The first-order chi connectivity index (χ1) is 13.1. The van der Waals surface area contributed by atoms with Crippen molar-refractivity contribution in [2.45, 2.75) is 18.4 Å². The predicted octanol–water partition coefficient (Wildman–Crippen LogP) is 3.43. The number of thioether (sulfide) groups is 1. The number of hydrogen-bond acceptors (Lipinski definition) is 5. The van der Waals surface area contributed by atoms with Gasteiger partial charge in [0.15, 0.2) is 0 Å². The molecule has 146 valence electrons. The molecule has 5 nitrogen and oxygen atoms in total. The molecule has 1 amide bonds. The molecule has 2 aromatic carbocycles. The minimum Gasteiger partial charge on any atom is -0.494 e. The van der Waals surface area contributed by atoms with Crippen molar-refractivity contribution in [2.24, 2.45) is 0 Å². The van der Waals surface area contributed by atoms with Crippen molar-refractivity contribution in [2.75, 3.05) is 39.6 Å². The Hall–Kier alpha value is -2.18. The fourth-order valence-electron chi connectivity index (χ4n) is 2.25. The summed E-state index contributed by atoms with van der Waals surface area (Å²) in [5.74, 6) is 2.10. The summed E-state index contributed by atoms with van der Waals surface area (Å²) in [5.41, 5.74) is 1.05. The molecule has 0 aliphatic rings. The van der Waals surface area contributed by atoms with Crippen molar-refractivity contribution < 1.29 is 14.3 Å². The van der Waals surface area contributed by atoms with Gasteiger partial charge in [0.2, 0.25) is 5.91 Å². The zero-order valence-electron chi connectivity index (χ0n) is 16.2. The van der Waals surface area contributed by atoms with Crippen LogP contribution in [0.2, 0.25) is 0 Å². The van der Waals surface area contributed by atoms with Crippen LogP contribution in [0.3, 0.4) is 0 Å². The van der Waals surface area contributed by atoms with E-state index in [1.165, 1.54) is 11.8 Å². The minimum absolute atomic E-state index is 0.0141. The Kier molecular flexibility index (Phi) is 9.01. The number of hydrogen-bond donors (Lipinski definition) is 1. The third-order valence-corrected chi connectivity index (χ3v) is 4.74. The highest BCUT2D eigenvalue weighted by atomic mass is 32.2. The van der Waals surface area contributed by atoms with Crippen LogP contribution in [0.5, 0.6) is 11.5 Å². The van der Waals surface area contributed by atoms with Crippen LogP contribution in [0, 0.1) is 0 Å². The van der Waals surface area contributed by atoms with Crippen molar-refractivity contribution in [1.29, 1.82) is 0 Å². The fraction of sp³-hybridized carbons (Fsp3) is 0.381. The van der Waals surface area contributed by atoms with E-state index in [-0.39, 0.29) is 5.91 Å². The standard InChI is InChI=1S/C21H28N2O3S/c1-4-25-18-9-11-20(12-10-18)27-16-21(24)22-15-17-5-7-19(8-6-17)26-14-13-23(2)3/h5-12H,4,13-16H2,1-3H3,(H,22,24). The molecule has 0 bridgehead atoms. The molecule has 2 rings (SSSR count). The van der Waals surface area contributed by atoms with E-state index in [1.807, 2.05) is 69.6 Å². The van der Waals surface area contributed by atoms with Gasteiger partial charge < -0.3 is 19.7 Å². The number of amides is 1. The van der Waals surface area contributed by atoms with Gasteiger partial charge in [0.25, 0.3) is 0 Å². The Labute approximate surface area is 166 Å². The first-order valence-corrected chi connectivity index (χ1v) is 10.0. The van der Waals surface area contributed by atoms with E-state index in [4.69, 9.17) is 9.47 Å². The van der Waals surface area contributed by atoms with Gasteiger partial charge in [-0.25, -0.2) is 0 Å². The van der Waals surface area contributed by atoms with Crippen LogP contribution in [0.15, 0.2) is 53.4 Å². The van der Waals surface area contributed by atoms with Crippen molar-refractivity contribution in [3.05, 3.63) is 54.1 Å². The largest absolute Gasteiger partial charge is 0.494 e. The Balaban J connectivity index is 1.68. The quantitative estimate of drug-likeness (QED) is 0.598.